The summed E-state index contributed by atoms with van der Waals surface area (Å²) in [6.07, 6.45) is 1.48. The van der Waals surface area contributed by atoms with E-state index in [2.05, 4.69) is 39.8 Å². The highest BCUT2D eigenvalue weighted by atomic mass is 16.7. The van der Waals surface area contributed by atoms with Gasteiger partial charge in [-0.15, -0.1) is 0 Å². The van der Waals surface area contributed by atoms with Crippen LogP contribution in [-0.2, 0) is 25.3 Å². The van der Waals surface area contributed by atoms with E-state index in [-0.39, 0.29) is 36.0 Å². The van der Waals surface area contributed by atoms with Gasteiger partial charge in [-0.05, 0) is 58.8 Å². The van der Waals surface area contributed by atoms with E-state index in [4.69, 9.17) is 14.0 Å². The summed E-state index contributed by atoms with van der Waals surface area (Å²) in [5, 5.41) is 0. The number of hydrogen-bond acceptors (Lipinski definition) is 4. The average Bonchev–Trinajstić information content (AvgIpc) is 2.76. The predicted molar refractivity (Wildman–Crippen MR) is 100 cm³/mol. The molecule has 1 aliphatic heterocycles. The van der Waals surface area contributed by atoms with Gasteiger partial charge >= 0.3 is 13.1 Å². The maximum Gasteiger partial charge on any atom is 0.461 e. The van der Waals surface area contributed by atoms with Crippen molar-refractivity contribution in [3.8, 4) is 0 Å². The second-order valence-corrected chi connectivity index (χ2v) is 7.96. The van der Waals surface area contributed by atoms with E-state index in [0.29, 0.717) is 13.0 Å². The van der Waals surface area contributed by atoms with Gasteiger partial charge in [-0.3, -0.25) is 4.79 Å². The van der Waals surface area contributed by atoms with E-state index >= 15 is 0 Å². The Balaban J connectivity index is 2.16. The van der Waals surface area contributed by atoms with E-state index in [1.807, 2.05) is 32.0 Å². The second kappa shape index (κ2) is 7.92. The van der Waals surface area contributed by atoms with Crippen LogP contribution in [0.5, 0.6) is 0 Å². The van der Waals surface area contributed by atoms with Gasteiger partial charge in [-0.1, -0.05) is 37.3 Å². The van der Waals surface area contributed by atoms with Crippen LogP contribution in [0.1, 0.15) is 53.5 Å². The Hall–Kier alpha value is -1.33. The number of carbonyl (C=O) groups excluding carboxylic acids is 1. The van der Waals surface area contributed by atoms with Gasteiger partial charge in [-0.2, -0.15) is 0 Å². The largest absolute Gasteiger partial charge is 0.466 e. The molecule has 0 bridgehead atoms. The third-order valence-electron chi connectivity index (χ3n) is 5.34. The van der Waals surface area contributed by atoms with Crippen LogP contribution < -0.4 is 0 Å². The summed E-state index contributed by atoms with van der Waals surface area (Å²) < 4.78 is 17.7. The Morgan fingerprint density at radius 1 is 1.12 bits per heavy atom. The van der Waals surface area contributed by atoms with Crippen LogP contribution in [0.2, 0.25) is 5.82 Å². The monoisotopic (exact) mass is 346 g/mol. The molecule has 5 heteroatoms. The summed E-state index contributed by atoms with van der Waals surface area (Å²) in [4.78, 5) is 12.1. The van der Waals surface area contributed by atoms with E-state index < -0.39 is 0 Å². The summed E-state index contributed by atoms with van der Waals surface area (Å²) in [6.45, 7) is 12.4. The average molecular weight is 346 g/mol. The lowest BCUT2D eigenvalue weighted by Gasteiger charge is -2.32. The van der Waals surface area contributed by atoms with Crippen molar-refractivity contribution in [1.29, 1.82) is 0 Å². The zero-order valence-electron chi connectivity index (χ0n) is 16.4. The Morgan fingerprint density at radius 3 is 2.20 bits per heavy atom. The smallest absolute Gasteiger partial charge is 0.461 e. The molecule has 0 saturated carbocycles. The van der Waals surface area contributed by atoms with Gasteiger partial charge in [0.2, 0.25) is 0 Å². The lowest BCUT2D eigenvalue weighted by Crippen LogP contribution is -2.41. The molecule has 0 spiro atoms. The van der Waals surface area contributed by atoms with Gasteiger partial charge in [0.25, 0.3) is 0 Å². The van der Waals surface area contributed by atoms with E-state index in [1.54, 1.807) is 0 Å². The molecular weight excluding hydrogens is 315 g/mol. The van der Waals surface area contributed by atoms with Crippen molar-refractivity contribution < 1.29 is 18.8 Å². The minimum Gasteiger partial charge on any atom is -0.466 e. The molecule has 0 amide bonds. The third kappa shape index (κ3) is 4.86. The molecule has 1 fully saturated rings. The van der Waals surface area contributed by atoms with Gasteiger partial charge in [0, 0.05) is 0 Å². The molecule has 138 valence electrons. The first kappa shape index (κ1) is 20.0. The Kier molecular flexibility index (Phi) is 6.33. The topological polar surface area (TPSA) is 44.8 Å². The number of esters is 1. The highest BCUT2D eigenvalue weighted by Gasteiger charge is 2.53. The van der Waals surface area contributed by atoms with E-state index in [9.17, 15) is 4.79 Å². The first-order chi connectivity index (χ1) is 11.7. The van der Waals surface area contributed by atoms with Crippen LogP contribution in [0.3, 0.4) is 0 Å². The van der Waals surface area contributed by atoms with Gasteiger partial charge < -0.3 is 14.0 Å². The minimum atomic E-state index is -0.375. The summed E-state index contributed by atoms with van der Waals surface area (Å²) in [6, 6.07) is 10.3. The molecule has 1 aliphatic rings. The molecule has 1 heterocycles. The number of benzene rings is 1. The van der Waals surface area contributed by atoms with Gasteiger partial charge in [0.05, 0.1) is 23.7 Å². The van der Waals surface area contributed by atoms with Crippen LogP contribution in [-0.4, -0.2) is 30.9 Å². The van der Waals surface area contributed by atoms with Crippen LogP contribution in [0.15, 0.2) is 30.3 Å². The molecule has 2 atom stereocenters. The standard InChI is InChI=1S/C20H31BO4/c1-7-23-18(22)15(2)13-17(14-16-11-9-8-10-12-16)21-24-19(3,4)20(5,6)25-21/h8-12,15,17H,7,13-14H2,1-6H3/t15-,17?/m1/s1. The Bertz CT molecular complexity index is 554. The Labute approximate surface area is 152 Å². The maximum absolute atomic E-state index is 12.1. The maximum atomic E-state index is 12.1. The predicted octanol–water partition coefficient (Wildman–Crippen LogP) is 4.28. The number of hydrogen-bond donors (Lipinski definition) is 0. The molecule has 1 saturated heterocycles. The molecular formula is C20H31BO4. The van der Waals surface area contributed by atoms with Crippen LogP contribution in [0.4, 0.5) is 0 Å². The van der Waals surface area contributed by atoms with Crippen molar-refractivity contribution in [3.63, 3.8) is 0 Å². The molecule has 1 unspecified atom stereocenters. The summed E-state index contributed by atoms with van der Waals surface area (Å²) in [7, 11) is -0.331. The van der Waals surface area contributed by atoms with Crippen LogP contribution in [0, 0.1) is 5.92 Å². The molecule has 4 nitrogen and oxygen atoms in total. The first-order valence-electron chi connectivity index (χ1n) is 9.22. The quantitative estimate of drug-likeness (QED) is 0.546. The van der Waals surface area contributed by atoms with Crippen LogP contribution in [0.25, 0.3) is 0 Å². The van der Waals surface area contributed by atoms with Gasteiger partial charge in [-0.25, -0.2) is 0 Å². The van der Waals surface area contributed by atoms with Gasteiger partial charge in [0.1, 0.15) is 0 Å². The van der Waals surface area contributed by atoms with Crippen molar-refractivity contribution in [1.82, 2.24) is 0 Å². The fourth-order valence-corrected chi connectivity index (χ4v) is 3.12. The number of rotatable bonds is 7. The summed E-state index contributed by atoms with van der Waals surface area (Å²) in [5.41, 5.74) is 0.470. The molecule has 0 aliphatic carbocycles. The Morgan fingerprint density at radius 2 is 1.68 bits per heavy atom. The lowest BCUT2D eigenvalue weighted by molar-refractivity contribution is -0.147. The summed E-state index contributed by atoms with van der Waals surface area (Å²) >= 11 is 0. The fourth-order valence-electron chi connectivity index (χ4n) is 3.12. The second-order valence-electron chi connectivity index (χ2n) is 7.96. The van der Waals surface area contributed by atoms with Crippen molar-refractivity contribution in [2.24, 2.45) is 5.92 Å². The minimum absolute atomic E-state index is 0.0860. The van der Waals surface area contributed by atoms with E-state index in [0.717, 1.165) is 6.42 Å². The molecule has 0 N–H and O–H groups in total. The number of carbonyl (C=O) groups is 1. The first-order valence-corrected chi connectivity index (χ1v) is 9.22. The normalized spacial score (nSPS) is 21.0. The van der Waals surface area contributed by atoms with Crippen molar-refractivity contribution in [3.05, 3.63) is 35.9 Å². The van der Waals surface area contributed by atoms with Crippen molar-refractivity contribution in [2.45, 2.75) is 71.4 Å². The molecule has 0 aromatic heterocycles. The lowest BCUT2D eigenvalue weighted by atomic mass is 9.65. The fraction of sp³-hybridized carbons (Fsp3) is 0.650. The zero-order chi connectivity index (χ0) is 18.7. The number of ether oxygens (including phenoxy) is 1. The molecule has 2 rings (SSSR count). The van der Waals surface area contributed by atoms with Gasteiger partial charge in [0.15, 0.2) is 0 Å². The summed E-state index contributed by atoms with van der Waals surface area (Å²) in [5.74, 6) is -0.257. The molecule has 25 heavy (non-hydrogen) atoms. The molecule has 1 aromatic rings. The third-order valence-corrected chi connectivity index (χ3v) is 5.34. The van der Waals surface area contributed by atoms with Crippen molar-refractivity contribution in [2.75, 3.05) is 6.61 Å². The van der Waals surface area contributed by atoms with Crippen LogP contribution >= 0.6 is 0 Å². The van der Waals surface area contributed by atoms with Crippen molar-refractivity contribution >= 4 is 13.1 Å². The highest BCUT2D eigenvalue weighted by molar-refractivity contribution is 6.47. The SMILES string of the molecule is CCOC(=O)[C@H](C)CC(Cc1ccccc1)B1OC(C)(C)C(C)(C)O1. The zero-order valence-corrected chi connectivity index (χ0v) is 16.4. The molecule has 0 radical (unpaired) electrons. The molecule has 1 aromatic carbocycles. The highest BCUT2D eigenvalue weighted by Crippen LogP contribution is 2.42. The van der Waals surface area contributed by atoms with E-state index in [1.165, 1.54) is 5.56 Å².